The summed E-state index contributed by atoms with van der Waals surface area (Å²) in [6.45, 7) is 5.42. The Morgan fingerprint density at radius 1 is 1.26 bits per heavy atom. The number of hydrogen-bond donors (Lipinski definition) is 1. The zero-order valence-corrected chi connectivity index (χ0v) is 11.2. The molecule has 0 aliphatic carbocycles. The smallest absolute Gasteiger partial charge is 0.231 e. The molecular weight excluding hydrogens is 249 g/mol. The molecule has 2 heterocycles. The molecule has 1 aromatic carbocycles. The highest BCUT2D eigenvalue weighted by atomic mass is 19.1. The number of hydrogen-bond acceptors (Lipinski definition) is 4. The van der Waals surface area contributed by atoms with Gasteiger partial charge in [0.05, 0.1) is 12.7 Å². The van der Waals surface area contributed by atoms with Crippen molar-refractivity contribution in [2.24, 2.45) is 0 Å². The van der Waals surface area contributed by atoms with Crippen LogP contribution in [0.1, 0.15) is 31.1 Å². The van der Waals surface area contributed by atoms with Gasteiger partial charge in [-0.3, -0.25) is 0 Å². The van der Waals surface area contributed by atoms with E-state index in [9.17, 15) is 4.39 Å². The molecular formula is C14H18FNO3. The van der Waals surface area contributed by atoms with Crippen molar-refractivity contribution in [3.63, 3.8) is 0 Å². The monoisotopic (exact) mass is 267 g/mol. The molecule has 0 bridgehead atoms. The number of alkyl halides is 1. The van der Waals surface area contributed by atoms with Crippen molar-refractivity contribution in [3.05, 3.63) is 23.3 Å². The predicted octanol–water partition coefficient (Wildman–Crippen LogP) is 2.28. The van der Waals surface area contributed by atoms with Gasteiger partial charge >= 0.3 is 0 Å². The quantitative estimate of drug-likeness (QED) is 0.892. The number of fused-ring (bicyclic) bond motifs is 1. The van der Waals surface area contributed by atoms with Crippen molar-refractivity contribution in [2.75, 3.05) is 26.5 Å². The summed E-state index contributed by atoms with van der Waals surface area (Å²) in [6.07, 6.45) is -0.145. The third kappa shape index (κ3) is 2.40. The highest BCUT2D eigenvalue weighted by Crippen LogP contribution is 2.42. The van der Waals surface area contributed by atoms with Crippen LogP contribution in [0.15, 0.2) is 12.1 Å². The molecule has 1 aromatic rings. The molecule has 0 aromatic heterocycles. The van der Waals surface area contributed by atoms with E-state index in [1.165, 1.54) is 0 Å². The average Bonchev–Trinajstić information content (AvgIpc) is 2.84. The highest BCUT2D eigenvalue weighted by molar-refractivity contribution is 5.51. The van der Waals surface area contributed by atoms with Crippen LogP contribution in [0.4, 0.5) is 4.39 Å². The molecule has 1 atom stereocenters. The fourth-order valence-electron chi connectivity index (χ4n) is 2.50. The number of ether oxygens (including phenoxy) is 3. The van der Waals surface area contributed by atoms with Gasteiger partial charge in [-0.2, -0.15) is 0 Å². The van der Waals surface area contributed by atoms with E-state index in [4.69, 9.17) is 14.2 Å². The molecule has 1 fully saturated rings. The molecule has 2 aliphatic rings. The number of morpholine rings is 1. The lowest BCUT2D eigenvalue weighted by Gasteiger charge is -2.28. The van der Waals surface area contributed by atoms with E-state index in [0.29, 0.717) is 30.2 Å². The van der Waals surface area contributed by atoms with Crippen molar-refractivity contribution < 1.29 is 18.6 Å². The van der Waals surface area contributed by atoms with Gasteiger partial charge in [-0.05, 0) is 37.1 Å². The third-order valence-corrected chi connectivity index (χ3v) is 3.46. The van der Waals surface area contributed by atoms with Crippen molar-refractivity contribution in [1.82, 2.24) is 5.32 Å². The number of benzene rings is 1. The topological polar surface area (TPSA) is 39.7 Å². The van der Waals surface area contributed by atoms with Gasteiger partial charge in [-0.25, -0.2) is 4.39 Å². The van der Waals surface area contributed by atoms with E-state index in [-0.39, 0.29) is 12.9 Å². The third-order valence-electron chi connectivity index (χ3n) is 3.46. The lowest BCUT2D eigenvalue weighted by Crippen LogP contribution is -2.34. The average molecular weight is 267 g/mol. The van der Waals surface area contributed by atoms with Crippen LogP contribution in [0.25, 0.3) is 0 Å². The van der Waals surface area contributed by atoms with Crippen LogP contribution in [0.5, 0.6) is 11.5 Å². The van der Waals surface area contributed by atoms with E-state index in [1.807, 2.05) is 6.07 Å². The lowest BCUT2D eigenvalue weighted by atomic mass is 9.90. The van der Waals surface area contributed by atoms with Crippen molar-refractivity contribution in [3.8, 4) is 11.5 Å². The van der Waals surface area contributed by atoms with Gasteiger partial charge in [-0.1, -0.05) is 0 Å². The molecule has 19 heavy (non-hydrogen) atoms. The van der Waals surface area contributed by atoms with Gasteiger partial charge < -0.3 is 19.5 Å². The molecule has 1 unspecified atom stereocenters. The first kappa shape index (κ1) is 12.7. The zero-order chi connectivity index (χ0) is 13.5. The van der Waals surface area contributed by atoms with Gasteiger partial charge in [0.1, 0.15) is 5.67 Å². The summed E-state index contributed by atoms with van der Waals surface area (Å²) in [7, 11) is 0. The van der Waals surface area contributed by atoms with E-state index in [1.54, 1.807) is 19.9 Å². The molecule has 4 nitrogen and oxygen atoms in total. The summed E-state index contributed by atoms with van der Waals surface area (Å²) < 4.78 is 30.9. The van der Waals surface area contributed by atoms with Crippen molar-refractivity contribution >= 4 is 0 Å². The summed E-state index contributed by atoms with van der Waals surface area (Å²) in [5.41, 5.74) is -0.00804. The zero-order valence-electron chi connectivity index (χ0n) is 11.2. The molecule has 0 spiro atoms. The second-order valence-electron chi connectivity index (χ2n) is 5.33. The minimum Gasteiger partial charge on any atom is -0.454 e. The lowest BCUT2D eigenvalue weighted by molar-refractivity contribution is 0.0252. The Morgan fingerprint density at radius 2 is 2.00 bits per heavy atom. The predicted molar refractivity (Wildman–Crippen MR) is 68.3 cm³/mol. The number of halogens is 1. The van der Waals surface area contributed by atoms with Crippen LogP contribution in [-0.2, 0) is 10.4 Å². The van der Waals surface area contributed by atoms with Crippen LogP contribution in [-0.4, -0.2) is 26.5 Å². The van der Waals surface area contributed by atoms with Crippen LogP contribution in [0.2, 0.25) is 0 Å². The van der Waals surface area contributed by atoms with E-state index >= 15 is 0 Å². The maximum Gasteiger partial charge on any atom is 0.231 e. The molecule has 1 saturated heterocycles. The first-order valence-electron chi connectivity index (χ1n) is 6.51. The molecule has 2 aliphatic heterocycles. The molecule has 0 radical (unpaired) electrons. The fourth-order valence-corrected chi connectivity index (χ4v) is 2.50. The summed E-state index contributed by atoms with van der Waals surface area (Å²) >= 11 is 0. The van der Waals surface area contributed by atoms with Crippen LogP contribution >= 0.6 is 0 Å². The van der Waals surface area contributed by atoms with Gasteiger partial charge in [-0.15, -0.1) is 0 Å². The Bertz CT molecular complexity index is 478. The Labute approximate surface area is 111 Å². The van der Waals surface area contributed by atoms with Gasteiger partial charge in [0.25, 0.3) is 0 Å². The normalized spacial score (nSPS) is 22.6. The SMILES string of the molecule is CC(C)(F)c1cc2c(cc1C1CNCCO1)OCO2. The van der Waals surface area contributed by atoms with E-state index in [2.05, 4.69) is 5.32 Å². The second-order valence-corrected chi connectivity index (χ2v) is 5.33. The van der Waals surface area contributed by atoms with Gasteiger partial charge in [0.2, 0.25) is 6.79 Å². The van der Waals surface area contributed by atoms with E-state index in [0.717, 1.165) is 12.1 Å². The molecule has 0 saturated carbocycles. The van der Waals surface area contributed by atoms with Crippen LogP contribution in [0, 0.1) is 0 Å². The Morgan fingerprint density at radius 3 is 2.63 bits per heavy atom. The highest BCUT2D eigenvalue weighted by Gasteiger charge is 2.31. The van der Waals surface area contributed by atoms with E-state index < -0.39 is 5.67 Å². The summed E-state index contributed by atoms with van der Waals surface area (Å²) in [6, 6.07) is 3.58. The maximum absolute atomic E-state index is 14.4. The first-order chi connectivity index (χ1) is 9.05. The Kier molecular flexibility index (Phi) is 3.11. The van der Waals surface area contributed by atoms with Gasteiger partial charge in [0.15, 0.2) is 11.5 Å². The van der Waals surface area contributed by atoms with Crippen LogP contribution in [0.3, 0.4) is 0 Å². The molecule has 0 amide bonds. The number of rotatable bonds is 2. The molecule has 3 rings (SSSR count). The molecule has 5 heteroatoms. The van der Waals surface area contributed by atoms with Gasteiger partial charge in [0, 0.05) is 13.1 Å². The van der Waals surface area contributed by atoms with Crippen molar-refractivity contribution in [1.29, 1.82) is 0 Å². The maximum atomic E-state index is 14.4. The largest absolute Gasteiger partial charge is 0.454 e. The second kappa shape index (κ2) is 4.65. The van der Waals surface area contributed by atoms with Crippen LogP contribution < -0.4 is 14.8 Å². The molecule has 104 valence electrons. The fraction of sp³-hybridized carbons (Fsp3) is 0.571. The summed E-state index contributed by atoms with van der Waals surface area (Å²) in [4.78, 5) is 0. The summed E-state index contributed by atoms with van der Waals surface area (Å²) in [5.74, 6) is 1.27. The minimum absolute atomic E-state index is 0.145. The first-order valence-corrected chi connectivity index (χ1v) is 6.51. The number of nitrogens with one attached hydrogen (secondary N) is 1. The minimum atomic E-state index is -1.45. The molecule has 1 N–H and O–H groups in total. The van der Waals surface area contributed by atoms with Crippen molar-refractivity contribution in [2.45, 2.75) is 25.6 Å². The summed E-state index contributed by atoms with van der Waals surface area (Å²) in [5, 5.41) is 3.26. The Balaban J connectivity index is 2.05. The standard InChI is InChI=1S/C14H18FNO3/c1-14(2,15)10-6-12-11(18-8-19-12)5-9(10)13-7-16-3-4-17-13/h5-6,13,16H,3-4,7-8H2,1-2H3. The Hall–Kier alpha value is -1.33.